The fraction of sp³-hybridized carbons (Fsp3) is 0.343. The van der Waals surface area contributed by atoms with E-state index in [1.165, 1.54) is 35.3 Å². The highest BCUT2D eigenvalue weighted by Crippen LogP contribution is 2.64. The van der Waals surface area contributed by atoms with Crippen LogP contribution in [-0.4, -0.2) is 90.2 Å². The number of imidazole rings is 1. The minimum absolute atomic E-state index is 0.0862. The number of halogens is 2. The molecule has 2 aromatic carbocycles. The molecule has 2 aliphatic heterocycles. The van der Waals surface area contributed by atoms with E-state index in [9.17, 15) is 29.2 Å². The van der Waals surface area contributed by atoms with Crippen molar-refractivity contribution >= 4 is 41.0 Å². The molecule has 7 rings (SSSR count). The van der Waals surface area contributed by atoms with Crippen molar-refractivity contribution in [1.82, 2.24) is 24.1 Å². The lowest BCUT2D eigenvalue weighted by Gasteiger charge is -2.26. The Morgan fingerprint density at radius 3 is 2.43 bits per heavy atom. The van der Waals surface area contributed by atoms with Gasteiger partial charge in [-0.25, -0.2) is 32.9 Å². The molecular weight excluding hydrogens is 781 g/mol. The average Bonchev–Trinajstić information content (AvgIpc) is 3.84. The predicted octanol–water partition coefficient (Wildman–Crippen LogP) is 3.36. The molecule has 0 aliphatic carbocycles. The van der Waals surface area contributed by atoms with Crippen LogP contribution in [0, 0.1) is 6.92 Å². The van der Waals surface area contributed by atoms with Crippen molar-refractivity contribution in [3.63, 3.8) is 0 Å². The SMILES string of the molecule is Cc1ccc(C(=O)Oc2ccc(CSP(=O)(OC[C@H]3O[C@@H](n4cnc5c(N)ccnc54)C(F)[C@H]3O)O[C@@H]3C(F)[C@H](n4ccc(=O)[nH]c4=O)O[C@@H]3CO)cc2)cc1. The molecule has 2 saturated heterocycles. The van der Waals surface area contributed by atoms with Gasteiger partial charge in [-0.1, -0.05) is 29.8 Å². The Kier molecular flexibility index (Phi) is 11.5. The molecule has 3 unspecified atom stereocenters. The number of alkyl halides is 2. The Bertz CT molecular complexity index is 2370. The summed E-state index contributed by atoms with van der Waals surface area (Å²) in [7, 11) is 0. The number of nitrogens with one attached hydrogen (secondary N) is 1. The molecular formula is C35H35F2N6O11PS. The van der Waals surface area contributed by atoms with Crippen LogP contribution in [0.2, 0.25) is 0 Å². The number of pyridine rings is 1. The van der Waals surface area contributed by atoms with E-state index in [0.717, 1.165) is 22.4 Å². The molecule has 0 radical (unpaired) electrons. The van der Waals surface area contributed by atoms with Crippen molar-refractivity contribution in [3.05, 3.63) is 117 Å². The highest BCUT2D eigenvalue weighted by Gasteiger charge is 2.52. The molecule has 0 spiro atoms. The number of hydrogen-bond acceptors (Lipinski definition) is 15. The molecule has 2 aliphatic rings. The summed E-state index contributed by atoms with van der Waals surface area (Å²) in [6.07, 6.45) is -10.2. The second kappa shape index (κ2) is 16.4. The number of benzene rings is 2. The van der Waals surface area contributed by atoms with Crippen molar-refractivity contribution in [2.24, 2.45) is 0 Å². The fourth-order valence-electron chi connectivity index (χ4n) is 6.10. The second-order valence-corrected chi connectivity index (χ2v) is 16.9. The van der Waals surface area contributed by atoms with E-state index in [1.807, 2.05) is 11.9 Å². The Hall–Kier alpha value is -4.79. The molecule has 21 heteroatoms. The zero-order valence-electron chi connectivity index (χ0n) is 29.3. The van der Waals surface area contributed by atoms with Gasteiger partial charge in [0.25, 0.3) is 5.56 Å². The molecule has 5 aromatic rings. The Labute approximate surface area is 319 Å². The summed E-state index contributed by atoms with van der Waals surface area (Å²) in [5.41, 5.74) is 6.83. The number of nitrogens with two attached hydrogens (primary N) is 1. The van der Waals surface area contributed by atoms with E-state index in [1.54, 1.807) is 36.4 Å². The van der Waals surface area contributed by atoms with Crippen molar-refractivity contribution in [2.45, 2.75) is 61.9 Å². The highest BCUT2D eigenvalue weighted by atomic mass is 32.7. The maximum absolute atomic E-state index is 16.1. The van der Waals surface area contributed by atoms with Gasteiger partial charge in [-0.05, 0) is 54.2 Å². The summed E-state index contributed by atoms with van der Waals surface area (Å²) in [5, 5.41) is 20.9. The van der Waals surface area contributed by atoms with E-state index < -0.39 is 86.4 Å². The summed E-state index contributed by atoms with van der Waals surface area (Å²) in [6, 6.07) is 15.5. The molecule has 5 heterocycles. The lowest BCUT2D eigenvalue weighted by atomic mass is 10.1. The van der Waals surface area contributed by atoms with Gasteiger partial charge in [0.05, 0.1) is 30.8 Å². The third kappa shape index (κ3) is 8.19. The van der Waals surface area contributed by atoms with E-state index >= 15 is 8.78 Å². The number of ether oxygens (including phenoxy) is 3. The number of aromatic amines is 1. The van der Waals surface area contributed by atoms with Gasteiger partial charge in [0, 0.05) is 24.2 Å². The van der Waals surface area contributed by atoms with E-state index in [4.69, 9.17) is 29.0 Å². The Balaban J connectivity index is 1.09. The standard InChI is InChI=1S/C35H35F2N6O11PS/c1-18-2-6-20(7-3-18)34(47)51-21-8-4-19(5-9-21)16-56-55(49,54-30-23(14-44)52-33(27(30)37)42-13-11-25(45)41-35(42)48)50-15-24-29(46)26(36)32(53-24)43-17-40-28-22(38)10-12-39-31(28)43/h2-13,17,23-24,26-27,29-30,32-33,44,46H,14-16H2,1H3,(H2,38,39)(H,41,45,48)/t23-,24-,26?,27?,29+,30+,32-,33-,55?/m1/s1. The molecule has 296 valence electrons. The van der Waals surface area contributed by atoms with Gasteiger partial charge in [-0.2, -0.15) is 0 Å². The number of aromatic nitrogens is 5. The van der Waals surface area contributed by atoms with Crippen LogP contribution in [0.4, 0.5) is 14.5 Å². The number of rotatable bonds is 13. The largest absolute Gasteiger partial charge is 0.423 e. The average molecular weight is 817 g/mol. The number of H-pyrrole nitrogens is 1. The van der Waals surface area contributed by atoms with Crippen LogP contribution in [-0.2, 0) is 28.8 Å². The van der Waals surface area contributed by atoms with Crippen molar-refractivity contribution in [3.8, 4) is 5.75 Å². The molecule has 17 nitrogen and oxygen atoms in total. The summed E-state index contributed by atoms with van der Waals surface area (Å²) in [4.78, 5) is 47.0. The number of aliphatic hydroxyl groups excluding tert-OH is 2. The first-order valence-electron chi connectivity index (χ1n) is 17.1. The zero-order valence-corrected chi connectivity index (χ0v) is 31.0. The number of anilines is 1. The van der Waals surface area contributed by atoms with Crippen LogP contribution in [0.5, 0.6) is 5.75 Å². The number of nitrogen functional groups attached to an aromatic ring is 1. The summed E-state index contributed by atoms with van der Waals surface area (Å²) < 4.78 is 76.5. The van der Waals surface area contributed by atoms with Gasteiger partial charge in [0.15, 0.2) is 30.4 Å². The van der Waals surface area contributed by atoms with Gasteiger partial charge in [-0.15, -0.1) is 0 Å². The van der Waals surface area contributed by atoms with E-state index in [2.05, 4.69) is 9.97 Å². The van der Waals surface area contributed by atoms with Gasteiger partial charge in [0.2, 0.25) is 0 Å². The fourth-order valence-corrected chi connectivity index (χ4v) is 9.48. The van der Waals surface area contributed by atoms with Crippen LogP contribution < -0.4 is 21.7 Å². The minimum Gasteiger partial charge on any atom is -0.423 e. The van der Waals surface area contributed by atoms with Crippen LogP contribution in [0.15, 0.2) is 89.0 Å². The number of esters is 1. The van der Waals surface area contributed by atoms with Crippen molar-refractivity contribution < 1.29 is 51.6 Å². The summed E-state index contributed by atoms with van der Waals surface area (Å²) in [6.45, 7) is -4.23. The molecule has 56 heavy (non-hydrogen) atoms. The first kappa shape index (κ1) is 39.4. The van der Waals surface area contributed by atoms with E-state index in [0.29, 0.717) is 22.5 Å². The third-order valence-electron chi connectivity index (χ3n) is 9.09. The van der Waals surface area contributed by atoms with Gasteiger partial charge in [-0.3, -0.25) is 28.0 Å². The lowest BCUT2D eigenvalue weighted by molar-refractivity contribution is -0.0518. The van der Waals surface area contributed by atoms with E-state index in [-0.39, 0.29) is 28.4 Å². The second-order valence-electron chi connectivity index (χ2n) is 12.9. The summed E-state index contributed by atoms with van der Waals surface area (Å²) >= 11 is 0.599. The smallest absolute Gasteiger partial charge is 0.389 e. The van der Waals surface area contributed by atoms with Crippen molar-refractivity contribution in [2.75, 3.05) is 18.9 Å². The number of aliphatic hydroxyl groups is 2. The molecule has 3 aromatic heterocycles. The Morgan fingerprint density at radius 1 is 1.00 bits per heavy atom. The molecule has 0 bridgehead atoms. The van der Waals surface area contributed by atoms with Gasteiger partial charge < -0.3 is 30.2 Å². The normalized spacial score (nSPS) is 26.0. The van der Waals surface area contributed by atoms with Crippen LogP contribution in [0.3, 0.4) is 0 Å². The molecule has 0 amide bonds. The molecule has 9 atom stereocenters. The van der Waals surface area contributed by atoms with Crippen LogP contribution >= 0.6 is 18.2 Å². The maximum atomic E-state index is 16.1. The zero-order chi connectivity index (χ0) is 39.7. The highest BCUT2D eigenvalue weighted by molar-refractivity contribution is 8.54. The Morgan fingerprint density at radius 2 is 1.71 bits per heavy atom. The number of nitrogens with zero attached hydrogens (tertiary/aromatic N) is 4. The lowest BCUT2D eigenvalue weighted by Crippen LogP contribution is -2.36. The third-order valence-corrected chi connectivity index (χ3v) is 12.7. The number of carbonyl (C=O) groups excluding carboxylic acids is 1. The monoisotopic (exact) mass is 816 g/mol. The van der Waals surface area contributed by atoms with Gasteiger partial charge in [0.1, 0.15) is 35.7 Å². The number of hydrogen-bond donors (Lipinski definition) is 4. The quantitative estimate of drug-likeness (QED) is 0.0758. The summed E-state index contributed by atoms with van der Waals surface area (Å²) in [5.74, 6) is -0.435. The first-order valence-corrected chi connectivity index (χ1v) is 20.2. The number of carbonyl (C=O) groups is 1. The van der Waals surface area contributed by atoms with Crippen LogP contribution in [0.1, 0.15) is 33.9 Å². The number of aryl methyl sites for hydroxylation is 1. The maximum Gasteiger partial charge on any atom is 0.389 e. The molecule has 5 N–H and O–H groups in total. The topological polar surface area (TPSA) is 232 Å². The first-order chi connectivity index (χ1) is 26.8. The van der Waals surface area contributed by atoms with Gasteiger partial charge >= 0.3 is 18.5 Å². The molecule has 2 fully saturated rings. The van der Waals surface area contributed by atoms with Crippen molar-refractivity contribution in [1.29, 1.82) is 0 Å². The molecule has 0 saturated carbocycles. The number of fused-ring (bicyclic) bond motifs is 1. The predicted molar refractivity (Wildman–Crippen MR) is 196 cm³/mol. The minimum atomic E-state index is -4.57. The van der Waals surface area contributed by atoms with Crippen LogP contribution in [0.25, 0.3) is 11.2 Å².